The van der Waals surface area contributed by atoms with Crippen LogP contribution in [0.5, 0.6) is 5.75 Å². The summed E-state index contributed by atoms with van der Waals surface area (Å²) in [4.78, 5) is 0. The second-order valence-electron chi connectivity index (χ2n) is 4.90. The van der Waals surface area contributed by atoms with Crippen molar-refractivity contribution in [3.05, 3.63) is 77.4 Å². The van der Waals surface area contributed by atoms with Crippen molar-refractivity contribution in [2.75, 3.05) is 6.61 Å². The SMILES string of the molecule is CC(C)=CCOc1ccc(Cc2ccccc2)cc1. The summed E-state index contributed by atoms with van der Waals surface area (Å²) < 4.78 is 5.65. The molecular weight excluding hydrogens is 232 g/mol. The Morgan fingerprint density at radius 3 is 2.16 bits per heavy atom. The summed E-state index contributed by atoms with van der Waals surface area (Å²) in [5.41, 5.74) is 3.92. The van der Waals surface area contributed by atoms with Gasteiger partial charge < -0.3 is 4.74 Å². The minimum absolute atomic E-state index is 0.639. The van der Waals surface area contributed by atoms with Gasteiger partial charge >= 0.3 is 0 Å². The van der Waals surface area contributed by atoms with Crippen LogP contribution in [0.15, 0.2) is 66.2 Å². The van der Waals surface area contributed by atoms with E-state index in [4.69, 9.17) is 4.74 Å². The molecule has 19 heavy (non-hydrogen) atoms. The molecule has 0 atom stereocenters. The molecule has 0 aliphatic heterocycles. The van der Waals surface area contributed by atoms with Crippen LogP contribution in [0.2, 0.25) is 0 Å². The predicted octanol–water partition coefficient (Wildman–Crippen LogP) is 4.62. The number of rotatable bonds is 5. The second-order valence-corrected chi connectivity index (χ2v) is 4.90. The summed E-state index contributed by atoms with van der Waals surface area (Å²) in [7, 11) is 0. The first-order valence-corrected chi connectivity index (χ1v) is 6.63. The lowest BCUT2D eigenvalue weighted by Gasteiger charge is -2.06. The Labute approximate surface area is 115 Å². The Balaban J connectivity index is 1.93. The van der Waals surface area contributed by atoms with Crippen LogP contribution in [0.3, 0.4) is 0 Å². The molecule has 0 amide bonds. The van der Waals surface area contributed by atoms with Gasteiger partial charge in [-0.3, -0.25) is 0 Å². The fraction of sp³-hybridized carbons (Fsp3) is 0.222. The molecule has 0 aromatic heterocycles. The van der Waals surface area contributed by atoms with Crippen molar-refractivity contribution < 1.29 is 4.74 Å². The maximum Gasteiger partial charge on any atom is 0.119 e. The van der Waals surface area contributed by atoms with Crippen LogP contribution in [0, 0.1) is 0 Å². The topological polar surface area (TPSA) is 9.23 Å². The largest absolute Gasteiger partial charge is 0.490 e. The molecule has 0 bridgehead atoms. The van der Waals surface area contributed by atoms with Gasteiger partial charge in [-0.25, -0.2) is 0 Å². The molecule has 0 unspecified atom stereocenters. The second kappa shape index (κ2) is 6.79. The van der Waals surface area contributed by atoms with Crippen molar-refractivity contribution >= 4 is 0 Å². The Bertz CT molecular complexity index is 519. The molecule has 0 aliphatic rings. The van der Waals surface area contributed by atoms with Gasteiger partial charge in [-0.1, -0.05) is 48.0 Å². The first kappa shape index (κ1) is 13.4. The standard InChI is InChI=1S/C18H20O/c1-15(2)12-13-19-18-10-8-17(9-11-18)14-16-6-4-3-5-7-16/h3-12H,13-14H2,1-2H3. The third-order valence-electron chi connectivity index (χ3n) is 2.92. The molecule has 0 radical (unpaired) electrons. The lowest BCUT2D eigenvalue weighted by Crippen LogP contribution is -1.94. The fourth-order valence-electron chi connectivity index (χ4n) is 1.84. The minimum Gasteiger partial charge on any atom is -0.490 e. The number of allylic oxidation sites excluding steroid dienone is 1. The van der Waals surface area contributed by atoms with Crippen molar-refractivity contribution in [2.24, 2.45) is 0 Å². The van der Waals surface area contributed by atoms with Crippen LogP contribution >= 0.6 is 0 Å². The van der Waals surface area contributed by atoms with Gasteiger partial charge in [0.25, 0.3) is 0 Å². The number of hydrogen-bond acceptors (Lipinski definition) is 1. The molecule has 0 aliphatic carbocycles. The van der Waals surface area contributed by atoms with E-state index in [0.717, 1.165) is 12.2 Å². The smallest absolute Gasteiger partial charge is 0.119 e. The highest BCUT2D eigenvalue weighted by Crippen LogP contribution is 2.15. The van der Waals surface area contributed by atoms with Crippen LogP contribution in [0.4, 0.5) is 0 Å². The fourth-order valence-corrected chi connectivity index (χ4v) is 1.84. The van der Waals surface area contributed by atoms with E-state index in [1.807, 2.05) is 18.2 Å². The zero-order valence-corrected chi connectivity index (χ0v) is 11.6. The van der Waals surface area contributed by atoms with E-state index in [2.05, 4.69) is 56.3 Å². The summed E-state index contributed by atoms with van der Waals surface area (Å²) in [5.74, 6) is 0.925. The van der Waals surface area contributed by atoms with Gasteiger partial charge in [0.1, 0.15) is 12.4 Å². The molecule has 1 nitrogen and oxygen atoms in total. The Kier molecular flexibility index (Phi) is 4.79. The van der Waals surface area contributed by atoms with Gasteiger partial charge in [0, 0.05) is 0 Å². The quantitative estimate of drug-likeness (QED) is 0.705. The molecule has 0 spiro atoms. The van der Waals surface area contributed by atoms with Gasteiger partial charge in [-0.2, -0.15) is 0 Å². The third kappa shape index (κ3) is 4.63. The first-order chi connectivity index (χ1) is 9.24. The van der Waals surface area contributed by atoms with E-state index in [1.54, 1.807) is 0 Å². The molecule has 98 valence electrons. The summed E-state index contributed by atoms with van der Waals surface area (Å²) >= 11 is 0. The van der Waals surface area contributed by atoms with E-state index in [0.29, 0.717) is 6.61 Å². The summed E-state index contributed by atoms with van der Waals surface area (Å²) in [5, 5.41) is 0. The first-order valence-electron chi connectivity index (χ1n) is 6.63. The molecule has 0 saturated carbocycles. The summed E-state index contributed by atoms with van der Waals surface area (Å²) in [6.45, 7) is 4.79. The van der Waals surface area contributed by atoms with Crippen molar-refractivity contribution in [1.29, 1.82) is 0 Å². The van der Waals surface area contributed by atoms with Crippen molar-refractivity contribution in [3.63, 3.8) is 0 Å². The number of ether oxygens (including phenoxy) is 1. The monoisotopic (exact) mass is 252 g/mol. The zero-order valence-electron chi connectivity index (χ0n) is 11.6. The van der Waals surface area contributed by atoms with Crippen molar-refractivity contribution in [1.82, 2.24) is 0 Å². The Morgan fingerprint density at radius 2 is 1.53 bits per heavy atom. The molecular formula is C18H20O. The number of benzene rings is 2. The number of hydrogen-bond donors (Lipinski definition) is 0. The van der Waals surface area contributed by atoms with Crippen LogP contribution in [0.25, 0.3) is 0 Å². The average molecular weight is 252 g/mol. The third-order valence-corrected chi connectivity index (χ3v) is 2.92. The lowest BCUT2D eigenvalue weighted by molar-refractivity contribution is 0.362. The van der Waals surface area contributed by atoms with Crippen LogP contribution < -0.4 is 4.74 Å². The normalized spacial score (nSPS) is 10.0. The van der Waals surface area contributed by atoms with Gasteiger partial charge in [0.2, 0.25) is 0 Å². The van der Waals surface area contributed by atoms with Crippen LogP contribution in [-0.4, -0.2) is 6.61 Å². The highest BCUT2D eigenvalue weighted by molar-refractivity contribution is 5.31. The highest BCUT2D eigenvalue weighted by Gasteiger charge is 1.97. The van der Waals surface area contributed by atoms with E-state index < -0.39 is 0 Å². The molecule has 0 N–H and O–H groups in total. The minimum atomic E-state index is 0.639. The maximum atomic E-state index is 5.65. The molecule has 0 heterocycles. The van der Waals surface area contributed by atoms with Gasteiger partial charge in [0.05, 0.1) is 0 Å². The van der Waals surface area contributed by atoms with E-state index in [9.17, 15) is 0 Å². The lowest BCUT2D eigenvalue weighted by atomic mass is 10.1. The maximum absolute atomic E-state index is 5.65. The average Bonchev–Trinajstić information content (AvgIpc) is 2.42. The predicted molar refractivity (Wildman–Crippen MR) is 80.6 cm³/mol. The van der Waals surface area contributed by atoms with E-state index >= 15 is 0 Å². The van der Waals surface area contributed by atoms with Crippen molar-refractivity contribution in [3.8, 4) is 5.75 Å². The Morgan fingerprint density at radius 1 is 0.895 bits per heavy atom. The van der Waals surface area contributed by atoms with Crippen LogP contribution in [0.1, 0.15) is 25.0 Å². The van der Waals surface area contributed by atoms with E-state index in [1.165, 1.54) is 16.7 Å². The highest BCUT2D eigenvalue weighted by atomic mass is 16.5. The summed E-state index contributed by atoms with van der Waals surface area (Å²) in [6.07, 6.45) is 3.05. The molecule has 0 fully saturated rings. The Hall–Kier alpha value is -2.02. The van der Waals surface area contributed by atoms with Crippen molar-refractivity contribution in [2.45, 2.75) is 20.3 Å². The van der Waals surface area contributed by atoms with Gasteiger partial charge in [0.15, 0.2) is 0 Å². The van der Waals surface area contributed by atoms with E-state index in [-0.39, 0.29) is 0 Å². The zero-order chi connectivity index (χ0) is 13.5. The molecule has 2 aromatic carbocycles. The van der Waals surface area contributed by atoms with Crippen LogP contribution in [-0.2, 0) is 6.42 Å². The summed E-state index contributed by atoms with van der Waals surface area (Å²) in [6, 6.07) is 18.8. The molecule has 1 heteroatoms. The van der Waals surface area contributed by atoms with Gasteiger partial charge in [-0.05, 0) is 49.6 Å². The van der Waals surface area contributed by atoms with Gasteiger partial charge in [-0.15, -0.1) is 0 Å². The molecule has 2 rings (SSSR count). The molecule has 0 saturated heterocycles. The molecule has 2 aromatic rings.